The van der Waals surface area contributed by atoms with Crippen LogP contribution in [0.3, 0.4) is 0 Å². The van der Waals surface area contributed by atoms with Crippen LogP contribution in [-0.4, -0.2) is 17.3 Å². The van der Waals surface area contributed by atoms with Crippen molar-refractivity contribution in [2.24, 2.45) is 17.8 Å². The van der Waals surface area contributed by atoms with Crippen LogP contribution in [0.2, 0.25) is 0 Å². The van der Waals surface area contributed by atoms with E-state index in [4.69, 9.17) is 0 Å². The molecule has 0 aromatic heterocycles. The van der Waals surface area contributed by atoms with E-state index in [1.807, 2.05) is 108 Å². The summed E-state index contributed by atoms with van der Waals surface area (Å²) in [6.45, 7) is 24.4. The van der Waals surface area contributed by atoms with E-state index in [-0.39, 0.29) is 35.1 Å². The number of hydrogen-bond donors (Lipinski definition) is 0. The molecule has 0 amide bonds. The van der Waals surface area contributed by atoms with E-state index >= 15 is 0 Å². The summed E-state index contributed by atoms with van der Waals surface area (Å²) >= 11 is 0. The fourth-order valence-corrected chi connectivity index (χ4v) is 4.29. The van der Waals surface area contributed by atoms with Gasteiger partial charge in [-0.15, -0.1) is 0 Å². The number of ketones is 3. The van der Waals surface area contributed by atoms with E-state index < -0.39 is 0 Å². The van der Waals surface area contributed by atoms with Crippen LogP contribution in [-0.2, 0) is 0 Å². The topological polar surface area (TPSA) is 51.2 Å². The van der Waals surface area contributed by atoms with Gasteiger partial charge in [-0.05, 0) is 40.5 Å². The zero-order valence-electron chi connectivity index (χ0n) is 28.1. The maximum atomic E-state index is 11.9. The largest absolute Gasteiger partial charge is 0.294 e. The third kappa shape index (κ3) is 11.5. The molecule has 0 atom stereocenters. The van der Waals surface area contributed by atoms with Gasteiger partial charge in [0.15, 0.2) is 17.3 Å². The van der Waals surface area contributed by atoms with Crippen molar-refractivity contribution in [3.8, 4) is 0 Å². The molecule has 0 bridgehead atoms. The Labute approximate surface area is 256 Å². The highest BCUT2D eigenvalue weighted by molar-refractivity contribution is 5.99. The van der Waals surface area contributed by atoms with E-state index in [2.05, 4.69) is 47.6 Å². The zero-order valence-corrected chi connectivity index (χ0v) is 28.1. The minimum Gasteiger partial charge on any atom is -0.294 e. The van der Waals surface area contributed by atoms with Crippen LogP contribution >= 0.6 is 0 Å². The molecule has 0 aliphatic carbocycles. The summed E-state index contributed by atoms with van der Waals surface area (Å²) in [7, 11) is 0. The predicted octanol–water partition coefficient (Wildman–Crippen LogP) is 10.9. The number of Topliss-reactive ketones (excluding diaryl/α,β-unsaturated/α-hetero) is 3. The molecular formula is C39H54O3. The molecule has 0 heterocycles. The molecule has 0 aliphatic heterocycles. The molecule has 0 spiro atoms. The average molecular weight is 571 g/mol. The van der Waals surface area contributed by atoms with E-state index in [1.54, 1.807) is 0 Å². The molecule has 3 nitrogen and oxygen atoms in total. The fraction of sp³-hybridized carbons (Fsp3) is 0.462. The molecule has 0 aliphatic rings. The first-order chi connectivity index (χ1) is 19.6. The Kier molecular flexibility index (Phi) is 15.4. The molecule has 0 saturated carbocycles. The molecule has 3 rings (SSSR count). The van der Waals surface area contributed by atoms with Gasteiger partial charge < -0.3 is 0 Å². The van der Waals surface area contributed by atoms with Crippen LogP contribution in [0.15, 0.2) is 72.8 Å². The maximum absolute atomic E-state index is 11.9. The standard InChI is InChI=1S/3C13H18O/c1-9(2)11-5-7-12(8-6-11)13(14)10(3)4;1-9(2)11-6-5-7-12(8-11)13(14)10(3)4;1-9(2)11-7-5-6-8-12(11)13(14)10(3)4/h3*5-10H,1-4H3. The highest BCUT2D eigenvalue weighted by Gasteiger charge is 2.15. The van der Waals surface area contributed by atoms with Crippen molar-refractivity contribution in [3.63, 3.8) is 0 Å². The van der Waals surface area contributed by atoms with Gasteiger partial charge in [-0.3, -0.25) is 14.4 Å². The Morgan fingerprint density at radius 3 is 1.36 bits per heavy atom. The first-order valence-electron chi connectivity index (χ1n) is 15.5. The van der Waals surface area contributed by atoms with E-state index in [0.717, 1.165) is 22.3 Å². The smallest absolute Gasteiger partial charge is 0.165 e. The fourth-order valence-electron chi connectivity index (χ4n) is 4.29. The third-order valence-electron chi connectivity index (χ3n) is 7.12. The molecule has 3 heteroatoms. The summed E-state index contributed by atoms with van der Waals surface area (Å²) in [5.41, 5.74) is 6.22. The number of carbonyl (C=O) groups excluding carboxylic acids is 3. The molecule has 3 aromatic carbocycles. The van der Waals surface area contributed by atoms with E-state index in [9.17, 15) is 14.4 Å². The lowest BCUT2D eigenvalue weighted by molar-refractivity contribution is 0.0931. The Hall–Kier alpha value is -3.33. The van der Waals surface area contributed by atoms with Crippen molar-refractivity contribution in [2.45, 2.75) is 101 Å². The molecule has 0 radical (unpaired) electrons. The lowest BCUT2D eigenvalue weighted by Gasteiger charge is -2.12. The number of carbonyl (C=O) groups is 3. The van der Waals surface area contributed by atoms with Gasteiger partial charge in [0, 0.05) is 34.4 Å². The molecule has 0 saturated heterocycles. The first kappa shape index (κ1) is 36.7. The Morgan fingerprint density at radius 1 is 0.429 bits per heavy atom. The van der Waals surface area contributed by atoms with Crippen molar-refractivity contribution in [1.82, 2.24) is 0 Å². The van der Waals surface area contributed by atoms with Crippen LogP contribution in [0.4, 0.5) is 0 Å². The summed E-state index contributed by atoms with van der Waals surface area (Å²) in [4.78, 5) is 35.2. The lowest BCUT2D eigenvalue weighted by Crippen LogP contribution is -2.10. The van der Waals surface area contributed by atoms with Crippen molar-refractivity contribution >= 4 is 17.3 Å². The predicted molar refractivity (Wildman–Crippen MR) is 179 cm³/mol. The second-order valence-corrected chi connectivity index (χ2v) is 12.9. The highest BCUT2D eigenvalue weighted by Crippen LogP contribution is 2.22. The minimum atomic E-state index is 0.0786. The van der Waals surface area contributed by atoms with Gasteiger partial charge in [0.05, 0.1) is 0 Å². The van der Waals surface area contributed by atoms with Gasteiger partial charge in [0.1, 0.15) is 0 Å². The molecule has 228 valence electrons. The van der Waals surface area contributed by atoms with E-state index in [1.165, 1.54) is 11.1 Å². The Morgan fingerprint density at radius 2 is 0.905 bits per heavy atom. The molecule has 3 aromatic rings. The monoisotopic (exact) mass is 570 g/mol. The van der Waals surface area contributed by atoms with Gasteiger partial charge in [0.25, 0.3) is 0 Å². The van der Waals surface area contributed by atoms with Gasteiger partial charge in [-0.1, -0.05) is 150 Å². The van der Waals surface area contributed by atoms with Gasteiger partial charge in [0.2, 0.25) is 0 Å². The van der Waals surface area contributed by atoms with Gasteiger partial charge in [-0.25, -0.2) is 0 Å². The SMILES string of the molecule is CC(C)C(=O)c1ccc(C(C)C)cc1.CC(C)C(=O)c1cccc(C(C)C)c1.CC(C)C(=O)c1ccccc1C(C)C. The summed E-state index contributed by atoms with van der Waals surface area (Å²) in [6.07, 6.45) is 0. The third-order valence-corrected chi connectivity index (χ3v) is 7.12. The van der Waals surface area contributed by atoms with Crippen molar-refractivity contribution in [2.75, 3.05) is 0 Å². The second-order valence-electron chi connectivity index (χ2n) is 12.9. The van der Waals surface area contributed by atoms with Gasteiger partial charge in [-0.2, -0.15) is 0 Å². The molecule has 0 N–H and O–H groups in total. The number of hydrogen-bond acceptors (Lipinski definition) is 3. The molecular weight excluding hydrogens is 516 g/mol. The molecule has 0 fully saturated rings. The highest BCUT2D eigenvalue weighted by atomic mass is 16.1. The van der Waals surface area contributed by atoms with Crippen LogP contribution < -0.4 is 0 Å². The summed E-state index contributed by atoms with van der Waals surface area (Å²) in [6, 6.07) is 23.8. The van der Waals surface area contributed by atoms with Crippen LogP contribution in [0.5, 0.6) is 0 Å². The van der Waals surface area contributed by atoms with Gasteiger partial charge >= 0.3 is 0 Å². The second kappa shape index (κ2) is 17.6. The van der Waals surface area contributed by atoms with Crippen LogP contribution in [0.25, 0.3) is 0 Å². The van der Waals surface area contributed by atoms with Crippen molar-refractivity contribution in [3.05, 3.63) is 106 Å². The lowest BCUT2D eigenvalue weighted by atomic mass is 9.91. The Balaban J connectivity index is 0.000000315. The summed E-state index contributed by atoms with van der Waals surface area (Å²) in [5.74, 6) is 2.36. The van der Waals surface area contributed by atoms with Crippen molar-refractivity contribution < 1.29 is 14.4 Å². The molecule has 42 heavy (non-hydrogen) atoms. The first-order valence-corrected chi connectivity index (χ1v) is 15.5. The summed E-state index contributed by atoms with van der Waals surface area (Å²) in [5, 5.41) is 0. The number of rotatable bonds is 9. The van der Waals surface area contributed by atoms with Crippen molar-refractivity contribution in [1.29, 1.82) is 0 Å². The zero-order chi connectivity index (χ0) is 32.1. The minimum absolute atomic E-state index is 0.0786. The average Bonchev–Trinajstić information content (AvgIpc) is 2.96. The van der Waals surface area contributed by atoms with Crippen LogP contribution in [0, 0.1) is 17.8 Å². The normalized spacial score (nSPS) is 11.0. The number of benzene rings is 3. The van der Waals surface area contributed by atoms with E-state index in [0.29, 0.717) is 17.8 Å². The van der Waals surface area contributed by atoms with Crippen LogP contribution in [0.1, 0.15) is 149 Å². The maximum Gasteiger partial charge on any atom is 0.165 e. The quantitative estimate of drug-likeness (QED) is 0.240. The summed E-state index contributed by atoms with van der Waals surface area (Å²) < 4.78 is 0. The Bertz CT molecular complexity index is 1270. The molecule has 0 unspecified atom stereocenters.